The van der Waals surface area contributed by atoms with Crippen molar-refractivity contribution in [2.45, 2.75) is 18.8 Å². The number of carbonyl (C=O) groups excluding carboxylic acids is 1. The van der Waals surface area contributed by atoms with Crippen molar-refractivity contribution in [1.29, 1.82) is 0 Å². The van der Waals surface area contributed by atoms with Crippen LogP contribution in [0.1, 0.15) is 35.0 Å². The molecule has 1 aromatic heterocycles. The maximum atomic E-state index is 12.6. The Hall–Kier alpha value is -2.53. The number of piperidine rings is 1. The van der Waals surface area contributed by atoms with E-state index in [1.807, 2.05) is 17.0 Å². The van der Waals surface area contributed by atoms with Crippen LogP contribution in [0.3, 0.4) is 0 Å². The summed E-state index contributed by atoms with van der Waals surface area (Å²) in [5.74, 6) is 0.972. The summed E-state index contributed by atoms with van der Waals surface area (Å²) in [7, 11) is 0. The maximum Gasteiger partial charge on any atom is 0.253 e. The van der Waals surface area contributed by atoms with Crippen LogP contribution in [0.25, 0.3) is 11.1 Å². The molecular formula is C19H18ClN3O2. The van der Waals surface area contributed by atoms with Gasteiger partial charge in [-0.25, -0.2) is 4.98 Å². The first kappa shape index (κ1) is 16.0. The Balaban J connectivity index is 1.46. The van der Waals surface area contributed by atoms with Gasteiger partial charge in [-0.3, -0.25) is 4.79 Å². The van der Waals surface area contributed by atoms with Gasteiger partial charge in [0, 0.05) is 35.3 Å². The van der Waals surface area contributed by atoms with Gasteiger partial charge in [-0.15, -0.1) is 0 Å². The highest BCUT2D eigenvalue weighted by Gasteiger charge is 2.27. The Kier molecular flexibility index (Phi) is 4.09. The van der Waals surface area contributed by atoms with Crippen LogP contribution in [-0.4, -0.2) is 28.9 Å². The van der Waals surface area contributed by atoms with Gasteiger partial charge >= 0.3 is 0 Å². The summed E-state index contributed by atoms with van der Waals surface area (Å²) in [6.07, 6.45) is 1.66. The van der Waals surface area contributed by atoms with Crippen molar-refractivity contribution in [3.63, 3.8) is 0 Å². The van der Waals surface area contributed by atoms with Crippen molar-refractivity contribution >= 4 is 34.3 Å². The molecule has 0 aliphatic carbocycles. The Labute approximate surface area is 150 Å². The molecule has 1 aliphatic rings. The predicted molar refractivity (Wildman–Crippen MR) is 97.8 cm³/mol. The van der Waals surface area contributed by atoms with Crippen molar-refractivity contribution in [3.05, 3.63) is 58.9 Å². The molecule has 0 bridgehead atoms. The van der Waals surface area contributed by atoms with E-state index in [9.17, 15) is 4.79 Å². The van der Waals surface area contributed by atoms with Crippen LogP contribution < -0.4 is 5.73 Å². The highest BCUT2D eigenvalue weighted by Crippen LogP contribution is 2.31. The number of hydrogen-bond donors (Lipinski definition) is 1. The van der Waals surface area contributed by atoms with E-state index in [4.69, 9.17) is 21.8 Å². The van der Waals surface area contributed by atoms with Crippen LogP contribution in [0.5, 0.6) is 0 Å². The zero-order valence-electron chi connectivity index (χ0n) is 13.6. The average Bonchev–Trinajstić information content (AvgIpc) is 3.04. The maximum absolute atomic E-state index is 12.6. The third-order valence-corrected chi connectivity index (χ3v) is 4.87. The lowest BCUT2D eigenvalue weighted by Crippen LogP contribution is -2.38. The molecule has 1 amide bonds. The molecule has 0 unspecified atom stereocenters. The van der Waals surface area contributed by atoms with Gasteiger partial charge in [-0.1, -0.05) is 17.7 Å². The number of carbonyl (C=O) groups is 1. The number of benzene rings is 2. The first-order valence-corrected chi connectivity index (χ1v) is 8.69. The standard InChI is InChI=1S/C19H18ClN3O2/c20-14-4-5-17-16(11-14)22-18(25-17)12-6-8-23(9-7-12)19(24)13-2-1-3-15(21)10-13/h1-5,10-12H,6-9,21H2. The van der Waals surface area contributed by atoms with Crippen LogP contribution in [-0.2, 0) is 0 Å². The highest BCUT2D eigenvalue weighted by atomic mass is 35.5. The normalized spacial score (nSPS) is 15.6. The molecule has 2 N–H and O–H groups in total. The number of halogens is 1. The van der Waals surface area contributed by atoms with Crippen molar-refractivity contribution in [1.82, 2.24) is 9.88 Å². The van der Waals surface area contributed by atoms with E-state index in [1.165, 1.54) is 0 Å². The van der Waals surface area contributed by atoms with Crippen molar-refractivity contribution in [2.75, 3.05) is 18.8 Å². The molecule has 5 nitrogen and oxygen atoms in total. The summed E-state index contributed by atoms with van der Waals surface area (Å²) in [5.41, 5.74) is 8.53. The van der Waals surface area contributed by atoms with Crippen LogP contribution in [0.15, 0.2) is 46.9 Å². The molecule has 2 heterocycles. The summed E-state index contributed by atoms with van der Waals surface area (Å²) < 4.78 is 5.87. The molecule has 0 saturated carbocycles. The minimum absolute atomic E-state index is 0.0232. The first-order chi connectivity index (χ1) is 12.1. The zero-order chi connectivity index (χ0) is 17.4. The van der Waals surface area contributed by atoms with Gasteiger partial charge in [0.25, 0.3) is 5.91 Å². The van der Waals surface area contributed by atoms with Gasteiger partial charge < -0.3 is 15.1 Å². The highest BCUT2D eigenvalue weighted by molar-refractivity contribution is 6.31. The van der Waals surface area contributed by atoms with Crippen LogP contribution in [0, 0.1) is 0 Å². The van der Waals surface area contributed by atoms with E-state index in [0.29, 0.717) is 29.4 Å². The molecule has 0 spiro atoms. The number of amides is 1. The van der Waals surface area contributed by atoms with Gasteiger partial charge in [0.2, 0.25) is 0 Å². The summed E-state index contributed by atoms with van der Waals surface area (Å²) in [4.78, 5) is 19.0. The second-order valence-corrected chi connectivity index (χ2v) is 6.79. The number of nitrogen functional groups attached to an aromatic ring is 1. The minimum atomic E-state index is 0.0232. The fourth-order valence-electron chi connectivity index (χ4n) is 3.28. The number of aromatic nitrogens is 1. The number of nitrogens with two attached hydrogens (primary N) is 1. The molecule has 0 radical (unpaired) electrons. The van der Waals surface area contributed by atoms with Crippen molar-refractivity contribution in [3.8, 4) is 0 Å². The molecule has 0 atom stereocenters. The number of nitrogens with zero attached hydrogens (tertiary/aromatic N) is 2. The van der Waals surface area contributed by atoms with Crippen LogP contribution >= 0.6 is 11.6 Å². The lowest BCUT2D eigenvalue weighted by molar-refractivity contribution is 0.0707. The minimum Gasteiger partial charge on any atom is -0.440 e. The Morgan fingerprint density at radius 2 is 2.00 bits per heavy atom. The van der Waals surface area contributed by atoms with E-state index < -0.39 is 0 Å². The second-order valence-electron chi connectivity index (χ2n) is 6.36. The quantitative estimate of drug-likeness (QED) is 0.703. The van der Waals surface area contributed by atoms with Crippen molar-refractivity contribution in [2.24, 2.45) is 0 Å². The van der Waals surface area contributed by atoms with E-state index in [1.54, 1.807) is 30.3 Å². The van der Waals surface area contributed by atoms with E-state index >= 15 is 0 Å². The Morgan fingerprint density at radius 3 is 2.76 bits per heavy atom. The van der Waals surface area contributed by atoms with Gasteiger partial charge in [0.05, 0.1) is 0 Å². The number of anilines is 1. The second kappa shape index (κ2) is 6.41. The van der Waals surface area contributed by atoms with E-state index in [-0.39, 0.29) is 11.8 Å². The molecule has 3 aromatic rings. The van der Waals surface area contributed by atoms with Crippen LogP contribution in [0.4, 0.5) is 5.69 Å². The number of oxazole rings is 1. The molecular weight excluding hydrogens is 338 g/mol. The molecule has 1 saturated heterocycles. The van der Waals surface area contributed by atoms with Gasteiger partial charge in [-0.05, 0) is 49.2 Å². The third-order valence-electron chi connectivity index (χ3n) is 4.63. The molecule has 4 rings (SSSR count). The van der Waals surface area contributed by atoms with E-state index in [2.05, 4.69) is 4.98 Å². The molecule has 1 fully saturated rings. The smallest absolute Gasteiger partial charge is 0.253 e. The summed E-state index contributed by atoms with van der Waals surface area (Å²) in [6.45, 7) is 1.36. The predicted octanol–water partition coefficient (Wildman–Crippen LogP) is 4.08. The third kappa shape index (κ3) is 3.20. The largest absolute Gasteiger partial charge is 0.440 e. The topological polar surface area (TPSA) is 72.4 Å². The molecule has 2 aromatic carbocycles. The van der Waals surface area contributed by atoms with Gasteiger partial charge in [-0.2, -0.15) is 0 Å². The SMILES string of the molecule is Nc1cccc(C(=O)N2CCC(c3nc4cc(Cl)ccc4o3)CC2)c1. The monoisotopic (exact) mass is 355 g/mol. The summed E-state index contributed by atoms with van der Waals surface area (Å²) in [6, 6.07) is 12.6. The molecule has 1 aliphatic heterocycles. The summed E-state index contributed by atoms with van der Waals surface area (Å²) >= 11 is 6.00. The van der Waals surface area contributed by atoms with Gasteiger partial charge in [0.15, 0.2) is 11.5 Å². The Bertz CT molecular complexity index is 929. The zero-order valence-corrected chi connectivity index (χ0v) is 14.4. The lowest BCUT2D eigenvalue weighted by Gasteiger charge is -2.30. The molecule has 25 heavy (non-hydrogen) atoms. The van der Waals surface area contributed by atoms with Gasteiger partial charge in [0.1, 0.15) is 5.52 Å². The average molecular weight is 356 g/mol. The first-order valence-electron chi connectivity index (χ1n) is 8.31. The lowest BCUT2D eigenvalue weighted by atomic mass is 9.96. The Morgan fingerprint density at radius 1 is 1.20 bits per heavy atom. The number of rotatable bonds is 2. The van der Waals surface area contributed by atoms with Crippen molar-refractivity contribution < 1.29 is 9.21 Å². The number of likely N-dealkylation sites (tertiary alicyclic amines) is 1. The summed E-state index contributed by atoms with van der Waals surface area (Å²) in [5, 5.41) is 0.648. The fourth-order valence-corrected chi connectivity index (χ4v) is 3.44. The van der Waals surface area contributed by atoms with E-state index in [0.717, 1.165) is 29.8 Å². The van der Waals surface area contributed by atoms with Crippen LogP contribution in [0.2, 0.25) is 5.02 Å². The molecule has 6 heteroatoms. The fraction of sp³-hybridized carbons (Fsp3) is 0.263. The number of hydrogen-bond acceptors (Lipinski definition) is 4. The molecule has 128 valence electrons. The number of fused-ring (bicyclic) bond motifs is 1.